The highest BCUT2D eigenvalue weighted by Crippen LogP contribution is 2.24. The minimum Gasteiger partial charge on any atom is -0.396 e. The number of nitrogens with zero attached hydrogens (tertiary/aromatic N) is 2. The fourth-order valence-electron chi connectivity index (χ4n) is 2.32. The summed E-state index contributed by atoms with van der Waals surface area (Å²) in [5, 5.41) is 13.2. The Morgan fingerprint density at radius 1 is 1.32 bits per heavy atom. The Hall–Kier alpha value is -1.60. The number of aliphatic hydroxyl groups excluding tert-OH is 1. The molecule has 1 heterocycles. The molecule has 2 aromatic rings. The number of nitrogens with two attached hydrogens (primary N) is 1. The van der Waals surface area contributed by atoms with E-state index in [1.807, 2.05) is 0 Å². The maximum atomic E-state index is 13.3. The number of nitrogen functional groups attached to an aromatic ring is 1. The molecule has 1 aromatic heterocycles. The van der Waals surface area contributed by atoms with Gasteiger partial charge in [-0.2, -0.15) is 18.5 Å². The Morgan fingerprint density at radius 3 is 2.77 bits per heavy atom. The van der Waals surface area contributed by atoms with Crippen molar-refractivity contribution in [1.29, 1.82) is 0 Å². The van der Waals surface area contributed by atoms with E-state index < -0.39 is 0 Å². The lowest BCUT2D eigenvalue weighted by Gasteiger charge is -2.19. The van der Waals surface area contributed by atoms with Gasteiger partial charge in [0.2, 0.25) is 5.95 Å². The van der Waals surface area contributed by atoms with E-state index in [0.717, 1.165) is 24.6 Å². The summed E-state index contributed by atoms with van der Waals surface area (Å²) in [6.45, 7) is 2.23. The lowest BCUT2D eigenvalue weighted by molar-refractivity contribution is 0.276. The summed E-state index contributed by atoms with van der Waals surface area (Å²) in [4.78, 5) is 8.26. The number of benzene rings is 1. The van der Waals surface area contributed by atoms with Gasteiger partial charge in [-0.3, -0.25) is 0 Å². The van der Waals surface area contributed by atoms with Gasteiger partial charge in [-0.25, -0.2) is 9.37 Å². The number of rotatable bonds is 7. The van der Waals surface area contributed by atoms with Gasteiger partial charge in [-0.15, -0.1) is 0 Å². The molecule has 0 bridgehead atoms. The molecule has 0 aliphatic carbocycles. The molecule has 0 radical (unpaired) electrons. The van der Waals surface area contributed by atoms with Crippen molar-refractivity contribution in [1.82, 2.24) is 9.97 Å². The lowest BCUT2D eigenvalue weighted by atomic mass is 10.1. The number of hydrogen-bond acceptors (Lipinski definition) is 5. The van der Waals surface area contributed by atoms with E-state index in [2.05, 4.69) is 22.2 Å². The molecule has 5 nitrogen and oxygen atoms in total. The Morgan fingerprint density at radius 2 is 2.09 bits per heavy atom. The Kier molecular flexibility index (Phi) is 7.34. The average molecular weight is 326 g/mol. The first-order valence-corrected chi connectivity index (χ1v) is 7.24. The molecule has 4 N–H and O–H groups in total. The molecule has 0 fully saturated rings. The van der Waals surface area contributed by atoms with Gasteiger partial charge in [-0.05, 0) is 25.0 Å². The van der Waals surface area contributed by atoms with Crippen LogP contribution in [0.3, 0.4) is 0 Å². The van der Waals surface area contributed by atoms with Crippen LogP contribution in [0, 0.1) is 5.82 Å². The van der Waals surface area contributed by atoms with Crippen LogP contribution in [0.1, 0.15) is 32.6 Å². The Bertz CT molecular complexity index is 606. The summed E-state index contributed by atoms with van der Waals surface area (Å²) in [5.74, 6) is 0.338. The van der Waals surface area contributed by atoms with Gasteiger partial charge in [0.1, 0.15) is 11.6 Å². The molecule has 0 aliphatic rings. The summed E-state index contributed by atoms with van der Waals surface area (Å²) >= 11 is 0. The van der Waals surface area contributed by atoms with Crippen LogP contribution in [0.15, 0.2) is 18.2 Å². The second-order valence-electron chi connectivity index (χ2n) is 5.09. The maximum Gasteiger partial charge on any atom is 0.222 e. The summed E-state index contributed by atoms with van der Waals surface area (Å²) < 4.78 is 13.3. The van der Waals surface area contributed by atoms with Gasteiger partial charge < -0.3 is 16.2 Å². The third-order valence-electron chi connectivity index (χ3n) is 3.40. The minimum atomic E-state index is -0.357. The normalized spacial score (nSPS) is 12.0. The third kappa shape index (κ3) is 4.71. The van der Waals surface area contributed by atoms with Crippen LogP contribution in [0.4, 0.5) is 16.2 Å². The van der Waals surface area contributed by atoms with Crippen LogP contribution in [0.2, 0.25) is 0 Å². The molecule has 122 valence electrons. The van der Waals surface area contributed by atoms with Crippen LogP contribution < -0.4 is 11.1 Å². The van der Waals surface area contributed by atoms with E-state index in [4.69, 9.17) is 5.73 Å². The first-order valence-electron chi connectivity index (χ1n) is 7.24. The van der Waals surface area contributed by atoms with Gasteiger partial charge in [0.25, 0.3) is 0 Å². The number of halogens is 1. The van der Waals surface area contributed by atoms with E-state index in [-0.39, 0.29) is 37.9 Å². The Balaban J connectivity index is 0.00000242. The van der Waals surface area contributed by atoms with Crippen molar-refractivity contribution < 1.29 is 9.50 Å². The third-order valence-corrected chi connectivity index (χ3v) is 3.40. The predicted octanol–water partition coefficient (Wildman–Crippen LogP) is 2.82. The second-order valence-corrected chi connectivity index (χ2v) is 5.09. The highest BCUT2D eigenvalue weighted by molar-refractivity contribution is 7.59. The molecule has 7 heteroatoms. The summed E-state index contributed by atoms with van der Waals surface area (Å²) in [5.41, 5.74) is 6.17. The molecule has 2 rings (SSSR count). The number of fused-ring (bicyclic) bond motifs is 1. The molecular formula is C15H23FN4OS. The molecule has 0 amide bonds. The lowest BCUT2D eigenvalue weighted by Crippen LogP contribution is -2.22. The molecule has 0 saturated carbocycles. The quantitative estimate of drug-likeness (QED) is 0.728. The SMILES string of the molecule is CCCC[C@H](CCO)Nc1nc(N)nc2cc(F)ccc12.S. The van der Waals surface area contributed by atoms with Crippen LogP contribution in [-0.4, -0.2) is 27.7 Å². The fourth-order valence-corrected chi connectivity index (χ4v) is 2.32. The van der Waals surface area contributed by atoms with Crippen molar-refractivity contribution in [3.63, 3.8) is 0 Å². The highest BCUT2D eigenvalue weighted by atomic mass is 32.1. The zero-order chi connectivity index (χ0) is 15.2. The number of aliphatic hydroxyl groups is 1. The molecule has 0 unspecified atom stereocenters. The molecule has 0 spiro atoms. The molecule has 0 saturated heterocycles. The van der Waals surface area contributed by atoms with Gasteiger partial charge in [0, 0.05) is 24.1 Å². The van der Waals surface area contributed by atoms with Gasteiger partial charge in [0.15, 0.2) is 0 Å². The first kappa shape index (κ1) is 18.4. The van der Waals surface area contributed by atoms with Crippen LogP contribution in [0.5, 0.6) is 0 Å². The van der Waals surface area contributed by atoms with E-state index >= 15 is 0 Å². The number of hydrogen-bond donors (Lipinski definition) is 3. The van der Waals surface area contributed by atoms with Gasteiger partial charge >= 0.3 is 0 Å². The van der Waals surface area contributed by atoms with Crippen molar-refractivity contribution in [2.45, 2.75) is 38.6 Å². The number of aromatic nitrogens is 2. The number of nitrogens with one attached hydrogen (secondary N) is 1. The van der Waals surface area contributed by atoms with E-state index in [1.54, 1.807) is 6.07 Å². The number of anilines is 2. The predicted molar refractivity (Wildman–Crippen MR) is 92.9 cm³/mol. The fraction of sp³-hybridized carbons (Fsp3) is 0.467. The summed E-state index contributed by atoms with van der Waals surface area (Å²) in [6.07, 6.45) is 3.71. The van der Waals surface area contributed by atoms with E-state index in [1.165, 1.54) is 12.1 Å². The minimum absolute atomic E-state index is 0. The van der Waals surface area contributed by atoms with Crippen molar-refractivity contribution >= 4 is 36.2 Å². The maximum absolute atomic E-state index is 13.3. The monoisotopic (exact) mass is 326 g/mol. The smallest absolute Gasteiger partial charge is 0.222 e. The molecule has 1 aromatic carbocycles. The summed E-state index contributed by atoms with van der Waals surface area (Å²) in [7, 11) is 0. The van der Waals surface area contributed by atoms with Crippen molar-refractivity contribution in [2.24, 2.45) is 0 Å². The molecular weight excluding hydrogens is 303 g/mol. The Labute approximate surface area is 136 Å². The van der Waals surface area contributed by atoms with Crippen LogP contribution in [-0.2, 0) is 0 Å². The van der Waals surface area contributed by atoms with E-state index in [9.17, 15) is 9.50 Å². The largest absolute Gasteiger partial charge is 0.396 e. The molecule has 1 atom stereocenters. The van der Waals surface area contributed by atoms with Crippen molar-refractivity contribution in [3.05, 3.63) is 24.0 Å². The second kappa shape index (κ2) is 8.75. The van der Waals surface area contributed by atoms with Crippen molar-refractivity contribution in [3.8, 4) is 0 Å². The zero-order valence-electron chi connectivity index (χ0n) is 12.6. The van der Waals surface area contributed by atoms with Gasteiger partial charge in [-0.1, -0.05) is 19.8 Å². The molecule has 0 aliphatic heterocycles. The van der Waals surface area contributed by atoms with Crippen molar-refractivity contribution in [2.75, 3.05) is 17.7 Å². The van der Waals surface area contributed by atoms with Gasteiger partial charge in [0.05, 0.1) is 5.52 Å². The summed E-state index contributed by atoms with van der Waals surface area (Å²) in [6, 6.07) is 4.46. The topological polar surface area (TPSA) is 84.1 Å². The average Bonchev–Trinajstić information content (AvgIpc) is 2.44. The van der Waals surface area contributed by atoms with E-state index in [0.29, 0.717) is 17.8 Å². The van der Waals surface area contributed by atoms with Crippen LogP contribution >= 0.6 is 13.5 Å². The van der Waals surface area contributed by atoms with Crippen LogP contribution in [0.25, 0.3) is 10.9 Å². The first-order chi connectivity index (χ1) is 10.1. The zero-order valence-corrected chi connectivity index (χ0v) is 13.6. The molecule has 22 heavy (non-hydrogen) atoms. The number of unbranched alkanes of at least 4 members (excludes halogenated alkanes) is 1. The highest BCUT2D eigenvalue weighted by Gasteiger charge is 2.12. The standard InChI is InChI=1S/C15H21FN4O.H2S/c1-2-3-4-11(7-8-21)18-14-12-6-5-10(16)9-13(12)19-15(17)20-14;/h5-6,9,11,21H,2-4,7-8H2,1H3,(H3,17,18,19,20);1H2/t11-;/m1./s1.